The van der Waals surface area contributed by atoms with Crippen LogP contribution in [0.25, 0.3) is 6.08 Å². The molecule has 5 nitrogen and oxygen atoms in total. The van der Waals surface area contributed by atoms with Crippen LogP contribution in [0, 0.1) is 13.8 Å². The number of aryl methyl sites for hydroxylation is 2. The highest BCUT2D eigenvalue weighted by atomic mass is 16.5. The Labute approximate surface area is 162 Å². The van der Waals surface area contributed by atoms with E-state index in [2.05, 4.69) is 4.98 Å². The van der Waals surface area contributed by atoms with Crippen molar-refractivity contribution in [1.82, 2.24) is 4.98 Å². The number of carbonyl (C=O) groups excluding carboxylic acids is 2. The summed E-state index contributed by atoms with van der Waals surface area (Å²) in [6.07, 6.45) is 3.24. The van der Waals surface area contributed by atoms with Gasteiger partial charge in [-0.25, -0.2) is 4.79 Å². The number of hydrogen-bond acceptors (Lipinski definition) is 5. The lowest BCUT2D eigenvalue weighted by atomic mass is 10.0. The van der Waals surface area contributed by atoms with E-state index in [1.807, 2.05) is 25.1 Å². The maximum atomic E-state index is 12.7. The molecule has 28 heavy (non-hydrogen) atoms. The minimum Gasteiger partial charge on any atom is -0.452 e. The largest absolute Gasteiger partial charge is 0.452 e. The molecule has 0 fully saturated rings. The quantitative estimate of drug-likeness (QED) is 0.384. The molecule has 1 aliphatic rings. The van der Waals surface area contributed by atoms with Crippen LogP contribution in [0.15, 0.2) is 66.6 Å². The highest BCUT2D eigenvalue weighted by molar-refractivity contribution is 6.15. The number of hydrogen-bond donors (Lipinski definition) is 0. The first kappa shape index (κ1) is 17.7. The third kappa shape index (κ3) is 3.42. The predicted molar refractivity (Wildman–Crippen MR) is 104 cm³/mol. The first-order valence-electron chi connectivity index (χ1n) is 8.80. The van der Waals surface area contributed by atoms with Gasteiger partial charge in [-0.05, 0) is 49.7 Å². The number of allylic oxidation sites excluding steroid dienone is 1. The van der Waals surface area contributed by atoms with E-state index in [0.717, 1.165) is 5.56 Å². The third-order valence-electron chi connectivity index (χ3n) is 4.41. The van der Waals surface area contributed by atoms with Gasteiger partial charge in [-0.2, -0.15) is 0 Å². The predicted octanol–water partition coefficient (Wildman–Crippen LogP) is 4.53. The number of pyridine rings is 1. The van der Waals surface area contributed by atoms with Crippen LogP contribution in [-0.2, 0) is 0 Å². The molecule has 4 rings (SSSR count). The summed E-state index contributed by atoms with van der Waals surface area (Å²) in [5.41, 5.74) is 3.29. The Kier molecular flexibility index (Phi) is 4.49. The maximum absolute atomic E-state index is 12.7. The van der Waals surface area contributed by atoms with Crippen LogP contribution in [0.5, 0.6) is 11.5 Å². The fourth-order valence-corrected chi connectivity index (χ4v) is 2.99. The summed E-state index contributed by atoms with van der Waals surface area (Å²) in [5, 5.41) is 0. The fourth-order valence-electron chi connectivity index (χ4n) is 2.99. The van der Waals surface area contributed by atoms with Gasteiger partial charge in [0.25, 0.3) is 0 Å². The Morgan fingerprint density at radius 1 is 1.07 bits per heavy atom. The Morgan fingerprint density at radius 2 is 1.86 bits per heavy atom. The summed E-state index contributed by atoms with van der Waals surface area (Å²) < 4.78 is 11.2. The molecule has 0 spiro atoms. The Morgan fingerprint density at radius 3 is 2.57 bits per heavy atom. The molecule has 0 aliphatic carbocycles. The van der Waals surface area contributed by atoms with Crippen LogP contribution >= 0.6 is 0 Å². The maximum Gasteiger partial charge on any atom is 0.343 e. The van der Waals surface area contributed by atoms with Crippen LogP contribution in [0.2, 0.25) is 0 Å². The van der Waals surface area contributed by atoms with Gasteiger partial charge in [0.2, 0.25) is 5.78 Å². The van der Waals surface area contributed by atoms with Gasteiger partial charge < -0.3 is 9.47 Å². The molecule has 2 heterocycles. The number of rotatable bonds is 3. The second-order valence-corrected chi connectivity index (χ2v) is 6.56. The normalized spacial score (nSPS) is 13.9. The number of carbonyl (C=O) groups is 2. The first-order valence-corrected chi connectivity index (χ1v) is 8.80. The molecular weight excluding hydrogens is 354 g/mol. The van der Waals surface area contributed by atoms with Crippen LogP contribution in [0.4, 0.5) is 0 Å². The Bertz CT molecular complexity index is 1100. The van der Waals surface area contributed by atoms with E-state index in [1.54, 1.807) is 55.6 Å². The lowest BCUT2D eigenvalue weighted by molar-refractivity contribution is 0.0734. The molecule has 0 saturated heterocycles. The summed E-state index contributed by atoms with van der Waals surface area (Å²) in [5.74, 6) is 0.217. The molecule has 5 heteroatoms. The van der Waals surface area contributed by atoms with Crippen LogP contribution in [0.3, 0.4) is 0 Å². The number of fused-ring (bicyclic) bond motifs is 1. The molecule has 0 N–H and O–H groups in total. The molecule has 3 aromatic rings. The van der Waals surface area contributed by atoms with Crippen LogP contribution in [0.1, 0.15) is 37.5 Å². The highest BCUT2D eigenvalue weighted by Gasteiger charge is 2.30. The molecule has 0 amide bonds. The van der Waals surface area contributed by atoms with Gasteiger partial charge in [-0.1, -0.05) is 23.8 Å². The van der Waals surface area contributed by atoms with Gasteiger partial charge in [0.15, 0.2) is 5.76 Å². The average molecular weight is 371 g/mol. The Balaban J connectivity index is 1.60. The molecule has 1 aromatic heterocycles. The smallest absolute Gasteiger partial charge is 0.343 e. The van der Waals surface area contributed by atoms with E-state index in [-0.39, 0.29) is 11.5 Å². The van der Waals surface area contributed by atoms with Gasteiger partial charge in [0.1, 0.15) is 11.5 Å². The van der Waals surface area contributed by atoms with Crippen molar-refractivity contribution in [2.45, 2.75) is 13.8 Å². The zero-order valence-electron chi connectivity index (χ0n) is 15.4. The lowest BCUT2D eigenvalue weighted by Crippen LogP contribution is -2.08. The van der Waals surface area contributed by atoms with Crippen molar-refractivity contribution in [3.05, 3.63) is 94.5 Å². The minimum absolute atomic E-state index is 0.193. The Hall–Kier alpha value is -3.73. The lowest BCUT2D eigenvalue weighted by Gasteiger charge is -2.08. The topological polar surface area (TPSA) is 65.5 Å². The van der Waals surface area contributed by atoms with E-state index < -0.39 is 5.97 Å². The number of ketones is 1. The van der Waals surface area contributed by atoms with Crippen LogP contribution < -0.4 is 9.47 Å². The number of ether oxygens (including phenoxy) is 2. The zero-order valence-corrected chi connectivity index (χ0v) is 15.4. The van der Waals surface area contributed by atoms with E-state index in [9.17, 15) is 9.59 Å². The third-order valence-corrected chi connectivity index (χ3v) is 4.41. The number of nitrogens with zero attached hydrogens (tertiary/aromatic N) is 1. The van der Waals surface area contributed by atoms with Crippen molar-refractivity contribution in [1.29, 1.82) is 0 Å². The van der Waals surface area contributed by atoms with Crippen molar-refractivity contribution >= 4 is 17.8 Å². The second kappa shape index (κ2) is 7.12. The number of Topliss-reactive ketones (excluding diaryl/α,β-unsaturated/α-hetero) is 1. The van der Waals surface area contributed by atoms with Gasteiger partial charge in [0.05, 0.1) is 16.8 Å². The number of esters is 1. The van der Waals surface area contributed by atoms with Crippen molar-refractivity contribution in [2.75, 3.05) is 0 Å². The molecule has 0 radical (unpaired) electrons. The fraction of sp³-hybridized carbons (Fsp3) is 0.0870. The molecule has 0 atom stereocenters. The highest BCUT2D eigenvalue weighted by Crippen LogP contribution is 2.37. The van der Waals surface area contributed by atoms with Gasteiger partial charge in [0, 0.05) is 18.3 Å². The van der Waals surface area contributed by atoms with Crippen molar-refractivity contribution in [3.63, 3.8) is 0 Å². The van der Waals surface area contributed by atoms with E-state index in [0.29, 0.717) is 33.9 Å². The minimum atomic E-state index is -0.465. The number of benzene rings is 2. The summed E-state index contributed by atoms with van der Waals surface area (Å²) in [4.78, 5) is 29.2. The van der Waals surface area contributed by atoms with E-state index in [4.69, 9.17) is 9.47 Å². The molecular formula is C23H17NO4. The van der Waals surface area contributed by atoms with Crippen LogP contribution in [-0.4, -0.2) is 16.7 Å². The van der Waals surface area contributed by atoms with Crippen molar-refractivity contribution in [2.24, 2.45) is 0 Å². The second-order valence-electron chi connectivity index (χ2n) is 6.56. The molecule has 2 aromatic carbocycles. The molecule has 0 saturated carbocycles. The van der Waals surface area contributed by atoms with Crippen molar-refractivity contribution in [3.8, 4) is 11.5 Å². The summed E-state index contributed by atoms with van der Waals surface area (Å²) >= 11 is 0. The van der Waals surface area contributed by atoms with Crippen molar-refractivity contribution < 1.29 is 19.1 Å². The van der Waals surface area contributed by atoms with E-state index in [1.165, 1.54) is 0 Å². The van der Waals surface area contributed by atoms with E-state index >= 15 is 0 Å². The van der Waals surface area contributed by atoms with Gasteiger partial charge in [-0.3, -0.25) is 9.78 Å². The zero-order chi connectivity index (χ0) is 19.7. The summed E-state index contributed by atoms with van der Waals surface area (Å²) in [6.45, 7) is 3.73. The first-order chi connectivity index (χ1) is 13.5. The molecule has 0 bridgehead atoms. The molecule has 138 valence electrons. The molecule has 0 unspecified atom stereocenters. The van der Waals surface area contributed by atoms with Gasteiger partial charge in [-0.15, -0.1) is 0 Å². The monoisotopic (exact) mass is 371 g/mol. The van der Waals surface area contributed by atoms with Gasteiger partial charge >= 0.3 is 5.97 Å². The standard InChI is InChI=1S/C23H17NO4/c1-14-6-8-16(9-7-14)23(26)27-18-11-15(2)21-19(13-18)28-20(22(21)25)12-17-5-3-4-10-24-17/h3-13H,1-2H3/b20-12-. The number of aromatic nitrogens is 1. The summed E-state index contributed by atoms with van der Waals surface area (Å²) in [6, 6.07) is 15.8. The molecule has 1 aliphatic heterocycles. The average Bonchev–Trinajstić information content (AvgIpc) is 2.99. The summed E-state index contributed by atoms with van der Waals surface area (Å²) in [7, 11) is 0. The SMILES string of the molecule is Cc1ccc(C(=O)Oc2cc(C)c3c(c2)O/C(=C\c2ccccn2)C3=O)cc1.